The molecule has 0 fully saturated rings. The highest BCUT2D eigenvalue weighted by molar-refractivity contribution is 5.90. The third kappa shape index (κ3) is 3.01. The fourth-order valence-electron chi connectivity index (χ4n) is 3.32. The van der Waals surface area contributed by atoms with Gasteiger partial charge >= 0.3 is 6.03 Å². The normalized spacial score (nSPS) is 16.4. The van der Waals surface area contributed by atoms with Crippen LogP contribution in [0.5, 0.6) is 0 Å². The molecular formula is C20H18FN3O. The van der Waals surface area contributed by atoms with Gasteiger partial charge in [-0.15, -0.1) is 0 Å². The molecule has 1 N–H and O–H groups in total. The minimum Gasteiger partial charge on any atom is -0.348 e. The number of halogens is 1. The molecule has 0 aliphatic carbocycles. The van der Waals surface area contributed by atoms with Crippen molar-refractivity contribution in [2.24, 2.45) is 0 Å². The van der Waals surface area contributed by atoms with E-state index < -0.39 is 0 Å². The van der Waals surface area contributed by atoms with Gasteiger partial charge in [0, 0.05) is 30.7 Å². The Morgan fingerprint density at radius 1 is 0.960 bits per heavy atom. The first-order valence-electron chi connectivity index (χ1n) is 8.25. The molecule has 0 spiro atoms. The van der Waals surface area contributed by atoms with E-state index in [-0.39, 0.29) is 17.9 Å². The number of rotatable bonds is 2. The molecule has 4 nitrogen and oxygen atoms in total. The lowest BCUT2D eigenvalue weighted by atomic mass is 10.0. The summed E-state index contributed by atoms with van der Waals surface area (Å²) in [5.41, 5.74) is 2.74. The van der Waals surface area contributed by atoms with E-state index in [0.717, 1.165) is 17.8 Å². The van der Waals surface area contributed by atoms with Crippen LogP contribution in [0.4, 0.5) is 14.9 Å². The molecule has 1 aromatic heterocycles. The number of aromatic nitrogens is 1. The van der Waals surface area contributed by atoms with Crippen molar-refractivity contribution in [2.45, 2.75) is 12.6 Å². The molecule has 0 saturated heterocycles. The monoisotopic (exact) mass is 335 g/mol. The maximum absolute atomic E-state index is 13.1. The zero-order valence-electron chi connectivity index (χ0n) is 13.6. The average Bonchev–Trinajstić information content (AvgIpc) is 3.12. The summed E-state index contributed by atoms with van der Waals surface area (Å²) >= 11 is 0. The van der Waals surface area contributed by atoms with Gasteiger partial charge in [-0.1, -0.05) is 30.3 Å². The van der Waals surface area contributed by atoms with Gasteiger partial charge in [-0.05, 0) is 42.0 Å². The third-order valence-electron chi connectivity index (χ3n) is 4.51. The standard InChI is InChI=1S/C20H18FN3O/c21-16-8-10-17(11-9-16)22-20(25)24-14-13-23-12-4-7-18(23)19(24)15-5-2-1-3-6-15/h1-12,19H,13-14H2,(H,22,25)/t19-/m0/s1. The molecule has 0 unspecified atom stereocenters. The third-order valence-corrected chi connectivity index (χ3v) is 4.51. The van der Waals surface area contributed by atoms with Crippen molar-refractivity contribution >= 4 is 11.7 Å². The quantitative estimate of drug-likeness (QED) is 0.746. The van der Waals surface area contributed by atoms with E-state index in [1.807, 2.05) is 47.5 Å². The minimum atomic E-state index is -0.323. The number of anilines is 1. The van der Waals surface area contributed by atoms with Crippen molar-refractivity contribution < 1.29 is 9.18 Å². The highest BCUT2D eigenvalue weighted by Gasteiger charge is 2.32. The fraction of sp³-hybridized carbons (Fsp3) is 0.150. The predicted molar refractivity (Wildman–Crippen MR) is 94.8 cm³/mol. The number of carbonyl (C=O) groups is 1. The first-order chi connectivity index (χ1) is 12.2. The predicted octanol–water partition coefficient (Wildman–Crippen LogP) is 4.26. The molecule has 1 aliphatic heterocycles. The van der Waals surface area contributed by atoms with Crippen molar-refractivity contribution in [1.29, 1.82) is 0 Å². The summed E-state index contributed by atoms with van der Waals surface area (Å²) < 4.78 is 15.2. The average molecular weight is 335 g/mol. The van der Waals surface area contributed by atoms with Crippen molar-refractivity contribution in [3.63, 3.8) is 0 Å². The Kier molecular flexibility index (Phi) is 3.98. The van der Waals surface area contributed by atoms with E-state index >= 15 is 0 Å². The second kappa shape index (κ2) is 6.43. The van der Waals surface area contributed by atoms with Crippen LogP contribution in [0.3, 0.4) is 0 Å². The SMILES string of the molecule is O=C(Nc1ccc(F)cc1)N1CCn2cccc2[C@@H]1c1ccccc1. The van der Waals surface area contributed by atoms with E-state index in [0.29, 0.717) is 12.2 Å². The number of fused-ring (bicyclic) bond motifs is 1. The Morgan fingerprint density at radius 2 is 1.72 bits per heavy atom. The molecule has 0 radical (unpaired) electrons. The maximum Gasteiger partial charge on any atom is 0.322 e. The van der Waals surface area contributed by atoms with E-state index in [9.17, 15) is 9.18 Å². The van der Waals surface area contributed by atoms with Crippen molar-refractivity contribution in [1.82, 2.24) is 9.47 Å². The molecule has 2 aromatic carbocycles. The van der Waals surface area contributed by atoms with Crippen LogP contribution in [0, 0.1) is 5.82 Å². The lowest BCUT2D eigenvalue weighted by molar-refractivity contribution is 0.182. The van der Waals surface area contributed by atoms with E-state index in [4.69, 9.17) is 0 Å². The molecule has 25 heavy (non-hydrogen) atoms. The van der Waals surface area contributed by atoms with Crippen molar-refractivity contribution in [2.75, 3.05) is 11.9 Å². The Balaban J connectivity index is 1.65. The molecule has 1 aliphatic rings. The molecule has 2 heterocycles. The summed E-state index contributed by atoms with van der Waals surface area (Å²) in [6.07, 6.45) is 2.04. The number of benzene rings is 2. The van der Waals surface area contributed by atoms with Gasteiger partial charge in [0.2, 0.25) is 0 Å². The lowest BCUT2D eigenvalue weighted by Gasteiger charge is -2.37. The van der Waals surface area contributed by atoms with Crippen LogP contribution < -0.4 is 5.32 Å². The summed E-state index contributed by atoms with van der Waals surface area (Å²) in [5.74, 6) is -0.323. The largest absolute Gasteiger partial charge is 0.348 e. The fourth-order valence-corrected chi connectivity index (χ4v) is 3.32. The van der Waals surface area contributed by atoms with Crippen LogP contribution in [0.25, 0.3) is 0 Å². The van der Waals surface area contributed by atoms with Gasteiger partial charge in [0.25, 0.3) is 0 Å². The molecule has 3 aromatic rings. The Labute approximate surface area is 145 Å². The molecule has 0 saturated carbocycles. The smallest absolute Gasteiger partial charge is 0.322 e. The molecule has 4 rings (SSSR count). The van der Waals surface area contributed by atoms with Gasteiger partial charge in [-0.25, -0.2) is 9.18 Å². The summed E-state index contributed by atoms with van der Waals surface area (Å²) in [7, 11) is 0. The van der Waals surface area contributed by atoms with Crippen LogP contribution >= 0.6 is 0 Å². The number of carbonyl (C=O) groups excluding carboxylic acids is 1. The second-order valence-electron chi connectivity index (χ2n) is 6.07. The Bertz CT molecular complexity index is 873. The summed E-state index contributed by atoms with van der Waals surface area (Å²) in [4.78, 5) is 14.7. The summed E-state index contributed by atoms with van der Waals surface area (Å²) in [6, 6.07) is 19.5. The van der Waals surface area contributed by atoms with Gasteiger partial charge in [0.15, 0.2) is 0 Å². The van der Waals surface area contributed by atoms with E-state index in [2.05, 4.69) is 16.0 Å². The Morgan fingerprint density at radius 3 is 2.48 bits per heavy atom. The second-order valence-corrected chi connectivity index (χ2v) is 6.07. The van der Waals surface area contributed by atoms with Crippen molar-refractivity contribution in [3.8, 4) is 0 Å². The minimum absolute atomic E-state index is 0.148. The summed E-state index contributed by atoms with van der Waals surface area (Å²) in [6.45, 7) is 1.36. The van der Waals surface area contributed by atoms with Crippen LogP contribution in [0.2, 0.25) is 0 Å². The molecule has 1 atom stereocenters. The number of nitrogens with zero attached hydrogens (tertiary/aromatic N) is 2. The molecule has 0 bridgehead atoms. The van der Waals surface area contributed by atoms with E-state index in [1.54, 1.807) is 12.1 Å². The van der Waals surface area contributed by atoms with E-state index in [1.165, 1.54) is 12.1 Å². The van der Waals surface area contributed by atoms with Crippen molar-refractivity contribution in [3.05, 3.63) is 90.0 Å². The van der Waals surface area contributed by atoms with Gasteiger partial charge < -0.3 is 14.8 Å². The zero-order valence-corrected chi connectivity index (χ0v) is 13.6. The van der Waals surface area contributed by atoms with Gasteiger partial charge in [0.05, 0.1) is 6.04 Å². The maximum atomic E-state index is 13.1. The Hall–Kier alpha value is -3.08. The lowest BCUT2D eigenvalue weighted by Crippen LogP contribution is -2.44. The van der Waals surface area contributed by atoms with Crippen LogP contribution in [0.1, 0.15) is 17.3 Å². The first kappa shape index (κ1) is 15.4. The van der Waals surface area contributed by atoms with Crippen LogP contribution in [0.15, 0.2) is 72.9 Å². The van der Waals surface area contributed by atoms with Gasteiger partial charge in [0.1, 0.15) is 5.82 Å². The van der Waals surface area contributed by atoms with Gasteiger partial charge in [-0.3, -0.25) is 0 Å². The van der Waals surface area contributed by atoms with Gasteiger partial charge in [-0.2, -0.15) is 0 Å². The first-order valence-corrected chi connectivity index (χ1v) is 8.25. The van der Waals surface area contributed by atoms with Crippen LogP contribution in [-0.2, 0) is 6.54 Å². The highest BCUT2D eigenvalue weighted by atomic mass is 19.1. The number of amides is 2. The number of urea groups is 1. The molecular weight excluding hydrogens is 317 g/mol. The number of hydrogen-bond acceptors (Lipinski definition) is 1. The number of nitrogens with one attached hydrogen (secondary N) is 1. The molecule has 126 valence electrons. The molecule has 2 amide bonds. The number of hydrogen-bond donors (Lipinski definition) is 1. The molecule has 5 heteroatoms. The zero-order chi connectivity index (χ0) is 17.2. The highest BCUT2D eigenvalue weighted by Crippen LogP contribution is 2.32. The topological polar surface area (TPSA) is 37.3 Å². The summed E-state index contributed by atoms with van der Waals surface area (Å²) in [5, 5.41) is 2.87. The van der Waals surface area contributed by atoms with Crippen LogP contribution in [-0.4, -0.2) is 22.0 Å².